The molecule has 8 heteroatoms. The van der Waals surface area contributed by atoms with Crippen molar-refractivity contribution in [3.05, 3.63) is 46.7 Å². The highest BCUT2D eigenvalue weighted by molar-refractivity contribution is 7.09. The highest BCUT2D eigenvalue weighted by Crippen LogP contribution is 2.31. The number of likely N-dealkylation sites (tertiary alicyclic amines) is 1. The number of carbonyl (C=O) groups excluding carboxylic acids is 2. The van der Waals surface area contributed by atoms with Gasteiger partial charge in [0.05, 0.1) is 0 Å². The van der Waals surface area contributed by atoms with E-state index in [0.717, 1.165) is 10.6 Å². The first-order valence-electron chi connectivity index (χ1n) is 8.79. The van der Waals surface area contributed by atoms with Crippen LogP contribution in [0.4, 0.5) is 15.3 Å². The van der Waals surface area contributed by atoms with E-state index >= 15 is 0 Å². The lowest BCUT2D eigenvalue weighted by Crippen LogP contribution is -2.49. The lowest BCUT2D eigenvalue weighted by atomic mass is 9.92. The fourth-order valence-corrected chi connectivity index (χ4v) is 3.79. The fourth-order valence-electron chi connectivity index (χ4n) is 3.18. The van der Waals surface area contributed by atoms with Crippen molar-refractivity contribution < 1.29 is 23.8 Å². The minimum atomic E-state index is -0.616. The van der Waals surface area contributed by atoms with Gasteiger partial charge in [0.1, 0.15) is 19.0 Å². The monoisotopic (exact) mass is 388 g/mol. The Morgan fingerprint density at radius 3 is 2.63 bits per heavy atom. The first kappa shape index (κ1) is 17.7. The zero-order chi connectivity index (χ0) is 18.7. The first-order valence-corrected chi connectivity index (χ1v) is 9.67. The average Bonchev–Trinajstić information content (AvgIpc) is 3.32. The molecule has 0 aliphatic carbocycles. The number of rotatable bonds is 4. The van der Waals surface area contributed by atoms with Gasteiger partial charge in [-0.05, 0) is 35.7 Å². The fraction of sp³-hybridized carbons (Fsp3) is 0.368. The normalized spacial score (nSPS) is 18.1. The number of carbonyl (C=O) groups is 2. The molecule has 2 aromatic rings. The quantitative estimate of drug-likeness (QED) is 0.805. The molecule has 2 aliphatic heterocycles. The van der Waals surface area contributed by atoms with Crippen molar-refractivity contribution >= 4 is 29.2 Å². The number of amides is 2. The maximum absolute atomic E-state index is 12.4. The molecule has 2 amide bonds. The molecule has 3 heterocycles. The van der Waals surface area contributed by atoms with Crippen LogP contribution in [0.5, 0.6) is 5.75 Å². The Morgan fingerprint density at radius 1 is 1.22 bits per heavy atom. The Hall–Kier alpha value is -2.74. The highest BCUT2D eigenvalue weighted by Gasteiger charge is 2.45. The SMILES string of the molecule is O=C1OCC2(CCN(C(=O)Nc3ccc(OCc4cccs4)cc3)CC2)O1. The molecule has 4 rings (SSSR count). The first-order chi connectivity index (χ1) is 13.1. The topological polar surface area (TPSA) is 77.1 Å². The van der Waals surface area contributed by atoms with Crippen molar-refractivity contribution in [2.75, 3.05) is 25.0 Å². The summed E-state index contributed by atoms with van der Waals surface area (Å²) in [5, 5.41) is 4.91. The number of anilines is 1. The molecule has 27 heavy (non-hydrogen) atoms. The van der Waals surface area contributed by atoms with Gasteiger partial charge in [0.25, 0.3) is 0 Å². The summed E-state index contributed by atoms with van der Waals surface area (Å²) in [5.41, 5.74) is 0.148. The molecule has 142 valence electrons. The molecular formula is C19H20N2O5S. The van der Waals surface area contributed by atoms with E-state index in [1.54, 1.807) is 16.2 Å². The lowest BCUT2D eigenvalue weighted by Gasteiger charge is -2.36. The van der Waals surface area contributed by atoms with E-state index in [1.807, 2.05) is 41.8 Å². The van der Waals surface area contributed by atoms with E-state index in [9.17, 15) is 9.59 Å². The van der Waals surface area contributed by atoms with Crippen molar-refractivity contribution in [3.63, 3.8) is 0 Å². The second-order valence-electron chi connectivity index (χ2n) is 6.63. The van der Waals surface area contributed by atoms with E-state index in [0.29, 0.717) is 38.2 Å². The van der Waals surface area contributed by atoms with Crippen LogP contribution in [0.25, 0.3) is 0 Å². The minimum absolute atomic E-state index is 0.164. The largest absolute Gasteiger partial charge is 0.509 e. The maximum Gasteiger partial charge on any atom is 0.509 e. The van der Waals surface area contributed by atoms with Crippen molar-refractivity contribution in [1.29, 1.82) is 0 Å². The third-order valence-corrected chi connectivity index (χ3v) is 5.63. The third kappa shape index (κ3) is 4.16. The molecule has 2 aliphatic rings. The van der Waals surface area contributed by atoms with Crippen LogP contribution in [0, 0.1) is 0 Å². The number of piperidine rings is 1. The average molecular weight is 388 g/mol. The van der Waals surface area contributed by atoms with Crippen molar-refractivity contribution in [1.82, 2.24) is 4.90 Å². The van der Waals surface area contributed by atoms with E-state index in [1.165, 1.54) is 0 Å². The van der Waals surface area contributed by atoms with Crippen LogP contribution in [0.15, 0.2) is 41.8 Å². The number of thiophene rings is 1. The van der Waals surface area contributed by atoms with Gasteiger partial charge < -0.3 is 24.4 Å². The molecule has 2 saturated heterocycles. The number of nitrogens with one attached hydrogen (secondary N) is 1. The van der Waals surface area contributed by atoms with Gasteiger partial charge in [-0.1, -0.05) is 6.07 Å². The molecule has 2 fully saturated rings. The summed E-state index contributed by atoms with van der Waals surface area (Å²) in [7, 11) is 0. The van der Waals surface area contributed by atoms with Gasteiger partial charge in [0.2, 0.25) is 0 Å². The zero-order valence-electron chi connectivity index (χ0n) is 14.7. The second-order valence-corrected chi connectivity index (χ2v) is 7.67. The number of ether oxygens (including phenoxy) is 3. The van der Waals surface area contributed by atoms with Crippen molar-refractivity contribution in [3.8, 4) is 5.75 Å². The number of hydrogen-bond donors (Lipinski definition) is 1. The molecule has 1 spiro atoms. The van der Waals surface area contributed by atoms with E-state index in [4.69, 9.17) is 14.2 Å². The number of nitrogens with zero attached hydrogens (tertiary/aromatic N) is 1. The zero-order valence-corrected chi connectivity index (χ0v) is 15.5. The van der Waals surface area contributed by atoms with Gasteiger partial charge in [-0.3, -0.25) is 0 Å². The van der Waals surface area contributed by atoms with Crippen molar-refractivity contribution in [2.24, 2.45) is 0 Å². The number of urea groups is 1. The number of benzene rings is 1. The molecular weight excluding hydrogens is 368 g/mol. The smallest absolute Gasteiger partial charge is 0.488 e. The van der Waals surface area contributed by atoms with E-state index < -0.39 is 11.8 Å². The maximum atomic E-state index is 12.4. The van der Waals surface area contributed by atoms with Crippen LogP contribution in [0.2, 0.25) is 0 Å². The summed E-state index contributed by atoms with van der Waals surface area (Å²) in [4.78, 5) is 26.5. The van der Waals surface area contributed by atoms with E-state index in [-0.39, 0.29) is 12.6 Å². The Bertz CT molecular complexity index is 798. The Balaban J connectivity index is 1.26. The second kappa shape index (κ2) is 7.48. The van der Waals surface area contributed by atoms with Gasteiger partial charge in [-0.15, -0.1) is 11.3 Å². The minimum Gasteiger partial charge on any atom is -0.488 e. The van der Waals surface area contributed by atoms with Gasteiger partial charge >= 0.3 is 12.2 Å². The lowest BCUT2D eigenvalue weighted by molar-refractivity contribution is 0.0106. The standard InChI is InChI=1S/C19H20N2O5S/c22-17(21-9-7-19(8-10-21)13-25-18(23)26-19)20-14-3-5-15(6-4-14)24-12-16-2-1-11-27-16/h1-6,11H,7-10,12-13H2,(H,20,22). The summed E-state index contributed by atoms with van der Waals surface area (Å²) < 4.78 is 15.9. The van der Waals surface area contributed by atoms with Crippen LogP contribution >= 0.6 is 11.3 Å². The van der Waals surface area contributed by atoms with E-state index in [2.05, 4.69) is 5.32 Å². The summed E-state index contributed by atoms with van der Waals surface area (Å²) >= 11 is 1.65. The van der Waals surface area contributed by atoms with Gasteiger partial charge in [0.15, 0.2) is 5.60 Å². The van der Waals surface area contributed by atoms with Gasteiger partial charge in [0, 0.05) is 36.5 Å². The molecule has 0 saturated carbocycles. The molecule has 0 unspecified atom stereocenters. The Morgan fingerprint density at radius 2 is 2.00 bits per heavy atom. The van der Waals surface area contributed by atoms with Crippen LogP contribution < -0.4 is 10.1 Å². The highest BCUT2D eigenvalue weighted by atomic mass is 32.1. The van der Waals surface area contributed by atoms with Gasteiger partial charge in [-0.25, -0.2) is 9.59 Å². The van der Waals surface area contributed by atoms with Crippen LogP contribution in [-0.4, -0.2) is 42.4 Å². The Kier molecular flexibility index (Phi) is 4.89. The van der Waals surface area contributed by atoms with Crippen molar-refractivity contribution in [2.45, 2.75) is 25.0 Å². The van der Waals surface area contributed by atoms with Crippen LogP contribution in [0.1, 0.15) is 17.7 Å². The number of hydrogen-bond acceptors (Lipinski definition) is 6. The molecule has 0 bridgehead atoms. The predicted octanol–water partition coefficient (Wildman–Crippen LogP) is 3.86. The summed E-state index contributed by atoms with van der Waals surface area (Å²) in [6.07, 6.45) is 0.554. The predicted molar refractivity (Wildman–Crippen MR) is 100 cm³/mol. The van der Waals surface area contributed by atoms with Gasteiger partial charge in [-0.2, -0.15) is 0 Å². The summed E-state index contributed by atoms with van der Waals surface area (Å²) in [5.74, 6) is 0.754. The number of cyclic esters (lactones) is 1. The van der Waals surface area contributed by atoms with Crippen LogP contribution in [0.3, 0.4) is 0 Å². The summed E-state index contributed by atoms with van der Waals surface area (Å²) in [6, 6.07) is 11.2. The molecule has 7 nitrogen and oxygen atoms in total. The Labute approximate surface area is 160 Å². The summed E-state index contributed by atoms with van der Waals surface area (Å²) in [6.45, 7) is 1.84. The molecule has 0 radical (unpaired) electrons. The molecule has 1 aromatic carbocycles. The molecule has 1 N–H and O–H groups in total. The molecule has 0 atom stereocenters. The van der Waals surface area contributed by atoms with Crippen LogP contribution in [-0.2, 0) is 16.1 Å². The molecule has 1 aromatic heterocycles. The third-order valence-electron chi connectivity index (χ3n) is 4.78.